The first-order chi connectivity index (χ1) is 8.72. The Labute approximate surface area is 118 Å². The normalized spacial score (nSPS) is 10.4. The standard InChI is InChI=1S/C15H16N3.ClH/c1-11-8-13-14(9-12(11)2)17-15(16-13)10-18-6-4-3-5-7-18;/h3-9H,10H2,1-2H3,(H,16,17);1H/q+1;/p-1. The Morgan fingerprint density at radius 2 is 1.74 bits per heavy atom. The van der Waals surface area contributed by atoms with E-state index < -0.39 is 0 Å². The lowest BCUT2D eigenvalue weighted by Crippen LogP contribution is -3.00. The number of aromatic nitrogens is 3. The minimum absolute atomic E-state index is 0. The summed E-state index contributed by atoms with van der Waals surface area (Å²) in [6.07, 6.45) is 4.09. The molecular formula is C15H16ClN3. The topological polar surface area (TPSA) is 32.6 Å². The molecule has 0 saturated heterocycles. The van der Waals surface area contributed by atoms with Gasteiger partial charge in [0.1, 0.15) is 0 Å². The van der Waals surface area contributed by atoms with Gasteiger partial charge in [-0.15, -0.1) is 0 Å². The van der Waals surface area contributed by atoms with E-state index in [0.29, 0.717) is 0 Å². The quantitative estimate of drug-likeness (QED) is 0.629. The Bertz CT molecular complexity index is 650. The van der Waals surface area contributed by atoms with Crippen LogP contribution in [0, 0.1) is 13.8 Å². The second kappa shape index (κ2) is 5.41. The van der Waals surface area contributed by atoms with Gasteiger partial charge in [-0.25, -0.2) is 4.98 Å². The van der Waals surface area contributed by atoms with Crippen molar-refractivity contribution in [3.63, 3.8) is 0 Å². The first-order valence-corrected chi connectivity index (χ1v) is 6.12. The van der Waals surface area contributed by atoms with E-state index in [1.807, 2.05) is 30.6 Å². The molecule has 0 aliphatic rings. The van der Waals surface area contributed by atoms with Gasteiger partial charge < -0.3 is 17.4 Å². The van der Waals surface area contributed by atoms with Crippen LogP contribution in [-0.4, -0.2) is 9.97 Å². The van der Waals surface area contributed by atoms with Crippen molar-refractivity contribution in [1.82, 2.24) is 9.97 Å². The third-order valence-electron chi connectivity index (χ3n) is 3.26. The van der Waals surface area contributed by atoms with Gasteiger partial charge in [0.15, 0.2) is 18.2 Å². The molecule has 0 atom stereocenters. The maximum Gasteiger partial charge on any atom is 0.205 e. The molecule has 3 nitrogen and oxygen atoms in total. The molecule has 2 aromatic heterocycles. The largest absolute Gasteiger partial charge is 1.00 e. The van der Waals surface area contributed by atoms with Gasteiger partial charge in [0.2, 0.25) is 6.54 Å². The van der Waals surface area contributed by atoms with Crippen molar-refractivity contribution in [3.8, 4) is 0 Å². The number of H-pyrrole nitrogens is 1. The summed E-state index contributed by atoms with van der Waals surface area (Å²) in [6.45, 7) is 5.02. The zero-order chi connectivity index (χ0) is 12.5. The number of aryl methyl sites for hydroxylation is 2. The van der Waals surface area contributed by atoms with Crippen LogP contribution in [0.3, 0.4) is 0 Å². The molecule has 1 aromatic carbocycles. The van der Waals surface area contributed by atoms with Crippen molar-refractivity contribution in [2.75, 3.05) is 0 Å². The number of halogens is 1. The molecule has 0 unspecified atom stereocenters. The van der Waals surface area contributed by atoms with Gasteiger partial charge in [0.25, 0.3) is 0 Å². The van der Waals surface area contributed by atoms with Gasteiger partial charge >= 0.3 is 0 Å². The van der Waals surface area contributed by atoms with Crippen LogP contribution < -0.4 is 17.0 Å². The average Bonchev–Trinajstić information content (AvgIpc) is 2.72. The van der Waals surface area contributed by atoms with E-state index in [2.05, 4.69) is 40.5 Å². The Kier molecular flexibility index (Phi) is 3.86. The summed E-state index contributed by atoms with van der Waals surface area (Å²) in [4.78, 5) is 8.01. The molecule has 0 spiro atoms. The Morgan fingerprint density at radius 3 is 2.47 bits per heavy atom. The highest BCUT2D eigenvalue weighted by atomic mass is 35.5. The van der Waals surface area contributed by atoms with E-state index in [1.165, 1.54) is 11.1 Å². The van der Waals surface area contributed by atoms with Gasteiger partial charge in [-0.05, 0) is 37.1 Å². The molecule has 0 fully saturated rings. The summed E-state index contributed by atoms with van der Waals surface area (Å²) in [5.41, 5.74) is 4.74. The van der Waals surface area contributed by atoms with E-state index in [0.717, 1.165) is 23.4 Å². The van der Waals surface area contributed by atoms with E-state index in [1.54, 1.807) is 0 Å². The molecule has 0 radical (unpaired) electrons. The third-order valence-corrected chi connectivity index (χ3v) is 3.26. The smallest absolute Gasteiger partial charge is 0.205 e. The summed E-state index contributed by atoms with van der Waals surface area (Å²) < 4.78 is 2.11. The molecule has 98 valence electrons. The molecule has 3 rings (SSSR count). The van der Waals surface area contributed by atoms with Crippen LogP contribution in [0.1, 0.15) is 17.0 Å². The van der Waals surface area contributed by atoms with Crippen molar-refractivity contribution >= 4 is 11.0 Å². The number of benzene rings is 1. The van der Waals surface area contributed by atoms with Crippen LogP contribution in [0.4, 0.5) is 0 Å². The minimum Gasteiger partial charge on any atom is -1.00 e. The van der Waals surface area contributed by atoms with Gasteiger partial charge in [0, 0.05) is 12.1 Å². The summed E-state index contributed by atoms with van der Waals surface area (Å²) in [6, 6.07) is 10.4. The number of aromatic amines is 1. The van der Waals surface area contributed by atoms with Crippen molar-refractivity contribution in [3.05, 3.63) is 59.7 Å². The Morgan fingerprint density at radius 1 is 1.05 bits per heavy atom. The first-order valence-electron chi connectivity index (χ1n) is 6.12. The van der Waals surface area contributed by atoms with E-state index in [-0.39, 0.29) is 12.4 Å². The van der Waals surface area contributed by atoms with E-state index in [9.17, 15) is 0 Å². The van der Waals surface area contributed by atoms with Gasteiger partial charge in [-0.2, -0.15) is 4.57 Å². The fourth-order valence-corrected chi connectivity index (χ4v) is 2.11. The summed E-state index contributed by atoms with van der Waals surface area (Å²) in [5.74, 6) is 0.992. The molecule has 0 bridgehead atoms. The van der Waals surface area contributed by atoms with Crippen LogP contribution in [0.15, 0.2) is 42.7 Å². The molecule has 19 heavy (non-hydrogen) atoms. The summed E-state index contributed by atoms with van der Waals surface area (Å²) in [5, 5.41) is 0. The molecule has 0 amide bonds. The fraction of sp³-hybridized carbons (Fsp3) is 0.200. The van der Waals surface area contributed by atoms with E-state index in [4.69, 9.17) is 0 Å². The lowest BCUT2D eigenvalue weighted by Gasteiger charge is -1.97. The van der Waals surface area contributed by atoms with E-state index >= 15 is 0 Å². The second-order valence-corrected chi connectivity index (χ2v) is 4.68. The molecule has 4 heteroatoms. The number of hydrogen-bond donors (Lipinski definition) is 1. The highest BCUT2D eigenvalue weighted by Gasteiger charge is 2.08. The Hall–Kier alpha value is -1.87. The lowest BCUT2D eigenvalue weighted by atomic mass is 10.1. The predicted molar refractivity (Wildman–Crippen MR) is 71.3 cm³/mol. The molecule has 0 aliphatic heterocycles. The zero-order valence-corrected chi connectivity index (χ0v) is 11.8. The summed E-state index contributed by atoms with van der Waals surface area (Å²) in [7, 11) is 0. The zero-order valence-electron chi connectivity index (χ0n) is 11.0. The number of rotatable bonds is 2. The second-order valence-electron chi connectivity index (χ2n) is 4.68. The maximum atomic E-state index is 4.63. The molecule has 0 aliphatic carbocycles. The van der Waals surface area contributed by atoms with Gasteiger partial charge in [-0.3, -0.25) is 0 Å². The molecule has 0 saturated carbocycles. The highest BCUT2D eigenvalue weighted by Crippen LogP contribution is 2.17. The summed E-state index contributed by atoms with van der Waals surface area (Å²) >= 11 is 0. The SMILES string of the molecule is Cc1cc2nc(C[n+]3ccccc3)[nH]c2cc1C.[Cl-]. The fourth-order valence-electron chi connectivity index (χ4n) is 2.11. The third kappa shape index (κ3) is 2.76. The number of nitrogens with zero attached hydrogens (tertiary/aromatic N) is 2. The van der Waals surface area contributed by atoms with Crippen molar-refractivity contribution in [2.24, 2.45) is 0 Å². The van der Waals surface area contributed by atoms with Crippen LogP contribution >= 0.6 is 0 Å². The number of hydrogen-bond acceptors (Lipinski definition) is 1. The number of imidazole rings is 1. The number of pyridine rings is 1. The van der Waals surface area contributed by atoms with Crippen molar-refractivity contribution in [2.45, 2.75) is 20.4 Å². The predicted octanol–water partition coefficient (Wildman–Crippen LogP) is -0.480. The molecule has 1 N–H and O–H groups in total. The molecular weight excluding hydrogens is 258 g/mol. The number of nitrogens with one attached hydrogen (secondary N) is 1. The average molecular weight is 274 g/mol. The van der Waals surface area contributed by atoms with Crippen molar-refractivity contribution in [1.29, 1.82) is 0 Å². The van der Waals surface area contributed by atoms with Crippen LogP contribution in [0.25, 0.3) is 11.0 Å². The lowest BCUT2D eigenvalue weighted by molar-refractivity contribution is -0.689. The van der Waals surface area contributed by atoms with Crippen molar-refractivity contribution < 1.29 is 17.0 Å². The molecule has 3 aromatic rings. The van der Waals surface area contributed by atoms with Crippen LogP contribution in [0.5, 0.6) is 0 Å². The maximum absolute atomic E-state index is 4.63. The highest BCUT2D eigenvalue weighted by molar-refractivity contribution is 5.77. The minimum atomic E-state index is 0. The first kappa shape index (κ1) is 13.6. The molecule has 2 heterocycles. The Balaban J connectivity index is 0.00000133. The number of fused-ring (bicyclic) bond motifs is 1. The van der Waals surface area contributed by atoms with Gasteiger partial charge in [0.05, 0.1) is 11.0 Å². The van der Waals surface area contributed by atoms with Crippen LogP contribution in [0.2, 0.25) is 0 Å². The monoisotopic (exact) mass is 273 g/mol. The van der Waals surface area contributed by atoms with Crippen LogP contribution in [-0.2, 0) is 6.54 Å². The van der Waals surface area contributed by atoms with Gasteiger partial charge in [-0.1, -0.05) is 6.07 Å².